The van der Waals surface area contributed by atoms with Crippen molar-refractivity contribution in [1.29, 1.82) is 0 Å². The number of hydrogen-bond acceptors (Lipinski definition) is 2. The second kappa shape index (κ2) is 5.85. The molecular formula is C14H26N2O. The van der Waals surface area contributed by atoms with Crippen LogP contribution < -0.4 is 5.32 Å². The zero-order valence-electron chi connectivity index (χ0n) is 11.2. The lowest BCUT2D eigenvalue weighted by atomic mass is 9.86. The molecule has 0 aromatic rings. The molecule has 1 unspecified atom stereocenters. The van der Waals surface area contributed by atoms with Crippen molar-refractivity contribution < 1.29 is 4.79 Å². The van der Waals surface area contributed by atoms with Crippen molar-refractivity contribution in [3.8, 4) is 0 Å². The summed E-state index contributed by atoms with van der Waals surface area (Å²) < 4.78 is 0. The first-order valence-corrected chi connectivity index (χ1v) is 7.22. The Bertz CT molecular complexity index is 255. The second-order valence-corrected chi connectivity index (χ2v) is 5.76. The molecule has 3 nitrogen and oxygen atoms in total. The Kier molecular flexibility index (Phi) is 4.43. The summed E-state index contributed by atoms with van der Waals surface area (Å²) in [6.45, 7) is 8.40. The molecule has 2 aliphatic rings. The lowest BCUT2D eigenvalue weighted by molar-refractivity contribution is -0.138. The third kappa shape index (κ3) is 3.01. The van der Waals surface area contributed by atoms with Gasteiger partial charge in [-0.25, -0.2) is 0 Å². The third-order valence-electron chi connectivity index (χ3n) is 4.53. The van der Waals surface area contributed by atoms with E-state index in [0.717, 1.165) is 32.1 Å². The number of hydrogen-bond donors (Lipinski definition) is 1. The first-order valence-electron chi connectivity index (χ1n) is 7.22. The van der Waals surface area contributed by atoms with E-state index < -0.39 is 0 Å². The van der Waals surface area contributed by atoms with Gasteiger partial charge in [0, 0.05) is 19.0 Å². The molecule has 0 spiro atoms. The highest BCUT2D eigenvalue weighted by atomic mass is 16.2. The van der Waals surface area contributed by atoms with Crippen molar-refractivity contribution in [1.82, 2.24) is 10.2 Å². The van der Waals surface area contributed by atoms with Crippen LogP contribution in [0.4, 0.5) is 0 Å². The summed E-state index contributed by atoms with van der Waals surface area (Å²) in [6.07, 6.45) is 5.05. The number of carbonyl (C=O) groups excluding carboxylic acids is 1. The summed E-state index contributed by atoms with van der Waals surface area (Å²) in [7, 11) is 0. The predicted molar refractivity (Wildman–Crippen MR) is 69.7 cm³/mol. The van der Waals surface area contributed by atoms with Gasteiger partial charge in [-0.1, -0.05) is 26.7 Å². The minimum Gasteiger partial charge on any atom is -0.342 e. The molecule has 0 bridgehead atoms. The maximum absolute atomic E-state index is 12.3. The zero-order chi connectivity index (χ0) is 12.3. The summed E-state index contributed by atoms with van der Waals surface area (Å²) in [4.78, 5) is 14.4. The Balaban J connectivity index is 1.77. The van der Waals surface area contributed by atoms with Crippen LogP contribution in [0, 0.1) is 17.8 Å². The third-order valence-corrected chi connectivity index (χ3v) is 4.53. The Morgan fingerprint density at radius 3 is 2.47 bits per heavy atom. The first-order chi connectivity index (χ1) is 8.22. The van der Waals surface area contributed by atoms with Gasteiger partial charge in [0.2, 0.25) is 5.91 Å². The molecule has 0 aromatic heterocycles. The van der Waals surface area contributed by atoms with Crippen LogP contribution in [0.2, 0.25) is 0 Å². The molecule has 98 valence electrons. The van der Waals surface area contributed by atoms with Gasteiger partial charge in [-0.05, 0) is 37.8 Å². The van der Waals surface area contributed by atoms with E-state index in [1.807, 2.05) is 0 Å². The van der Waals surface area contributed by atoms with Crippen molar-refractivity contribution >= 4 is 5.91 Å². The molecule has 0 aliphatic carbocycles. The molecule has 3 heteroatoms. The van der Waals surface area contributed by atoms with Gasteiger partial charge in [-0.3, -0.25) is 4.79 Å². The number of piperidine rings is 1. The summed E-state index contributed by atoms with van der Waals surface area (Å²) >= 11 is 0. The summed E-state index contributed by atoms with van der Waals surface area (Å²) in [5.41, 5.74) is 0. The van der Waals surface area contributed by atoms with E-state index in [1.54, 1.807) is 0 Å². The van der Waals surface area contributed by atoms with Gasteiger partial charge in [-0.2, -0.15) is 0 Å². The highest BCUT2D eigenvalue weighted by Crippen LogP contribution is 2.25. The summed E-state index contributed by atoms with van der Waals surface area (Å²) in [5.74, 6) is 2.06. The molecule has 2 fully saturated rings. The van der Waals surface area contributed by atoms with Crippen LogP contribution in [0.15, 0.2) is 0 Å². The molecule has 0 radical (unpaired) electrons. The standard InChI is InChI=1S/C14H26N2O/c1-3-4-12-5-7-16(8-6-12)14(17)11(2)13-9-15-10-13/h11-13,15H,3-10H2,1-2H3. The fourth-order valence-corrected chi connectivity index (χ4v) is 3.00. The van der Waals surface area contributed by atoms with Crippen molar-refractivity contribution in [2.75, 3.05) is 26.2 Å². The average molecular weight is 238 g/mol. The van der Waals surface area contributed by atoms with Gasteiger partial charge in [0.05, 0.1) is 0 Å². The van der Waals surface area contributed by atoms with Gasteiger partial charge in [-0.15, -0.1) is 0 Å². The van der Waals surface area contributed by atoms with E-state index >= 15 is 0 Å². The minimum atomic E-state index is 0.221. The van der Waals surface area contributed by atoms with E-state index in [2.05, 4.69) is 24.1 Å². The molecule has 2 saturated heterocycles. The fraction of sp³-hybridized carbons (Fsp3) is 0.929. The molecule has 2 heterocycles. The predicted octanol–water partition coefficient (Wildman–Crippen LogP) is 1.88. The molecule has 2 rings (SSSR count). The van der Waals surface area contributed by atoms with Gasteiger partial charge in [0.15, 0.2) is 0 Å². The highest BCUT2D eigenvalue weighted by Gasteiger charge is 2.32. The topological polar surface area (TPSA) is 32.3 Å². The number of amides is 1. The zero-order valence-corrected chi connectivity index (χ0v) is 11.2. The van der Waals surface area contributed by atoms with Crippen LogP contribution in [0.5, 0.6) is 0 Å². The van der Waals surface area contributed by atoms with Crippen LogP contribution in [-0.2, 0) is 4.79 Å². The quantitative estimate of drug-likeness (QED) is 0.811. The fourth-order valence-electron chi connectivity index (χ4n) is 3.00. The number of rotatable bonds is 4. The molecule has 2 aliphatic heterocycles. The first kappa shape index (κ1) is 12.9. The summed E-state index contributed by atoms with van der Waals surface area (Å²) in [5, 5.41) is 3.25. The maximum atomic E-state index is 12.3. The molecular weight excluding hydrogens is 212 g/mol. The Hall–Kier alpha value is -0.570. The van der Waals surface area contributed by atoms with Crippen LogP contribution in [0.3, 0.4) is 0 Å². The second-order valence-electron chi connectivity index (χ2n) is 5.76. The molecule has 0 aromatic carbocycles. The monoisotopic (exact) mass is 238 g/mol. The lowest BCUT2D eigenvalue weighted by Crippen LogP contribution is -2.51. The number of carbonyl (C=O) groups is 1. The smallest absolute Gasteiger partial charge is 0.225 e. The van der Waals surface area contributed by atoms with Crippen LogP contribution >= 0.6 is 0 Å². The van der Waals surface area contributed by atoms with Crippen LogP contribution in [-0.4, -0.2) is 37.0 Å². The van der Waals surface area contributed by atoms with Crippen molar-refractivity contribution in [2.45, 2.75) is 39.5 Å². The van der Waals surface area contributed by atoms with Gasteiger partial charge >= 0.3 is 0 Å². The number of nitrogens with zero attached hydrogens (tertiary/aromatic N) is 1. The molecule has 1 atom stereocenters. The Morgan fingerprint density at radius 1 is 1.35 bits per heavy atom. The minimum absolute atomic E-state index is 0.221. The Labute approximate surface area is 105 Å². The van der Waals surface area contributed by atoms with Crippen molar-refractivity contribution in [3.05, 3.63) is 0 Å². The SMILES string of the molecule is CCCC1CCN(C(=O)C(C)C2CNC2)CC1. The van der Waals surface area contributed by atoms with E-state index in [0.29, 0.717) is 11.8 Å². The van der Waals surface area contributed by atoms with E-state index in [-0.39, 0.29) is 5.92 Å². The normalized spacial score (nSPS) is 24.5. The van der Waals surface area contributed by atoms with Gasteiger partial charge in [0.25, 0.3) is 0 Å². The maximum Gasteiger partial charge on any atom is 0.225 e. The van der Waals surface area contributed by atoms with Gasteiger partial charge < -0.3 is 10.2 Å². The van der Waals surface area contributed by atoms with E-state index in [4.69, 9.17) is 0 Å². The van der Waals surface area contributed by atoms with E-state index in [1.165, 1.54) is 25.7 Å². The lowest BCUT2D eigenvalue weighted by Gasteiger charge is -2.38. The number of likely N-dealkylation sites (tertiary alicyclic amines) is 1. The van der Waals surface area contributed by atoms with Crippen molar-refractivity contribution in [3.63, 3.8) is 0 Å². The van der Waals surface area contributed by atoms with Crippen molar-refractivity contribution in [2.24, 2.45) is 17.8 Å². The largest absolute Gasteiger partial charge is 0.342 e. The van der Waals surface area contributed by atoms with E-state index in [9.17, 15) is 4.79 Å². The Morgan fingerprint density at radius 2 is 2.00 bits per heavy atom. The van der Waals surface area contributed by atoms with Crippen LogP contribution in [0.1, 0.15) is 39.5 Å². The number of nitrogens with one attached hydrogen (secondary N) is 1. The molecule has 17 heavy (non-hydrogen) atoms. The molecule has 0 saturated carbocycles. The van der Waals surface area contributed by atoms with Crippen LogP contribution in [0.25, 0.3) is 0 Å². The summed E-state index contributed by atoms with van der Waals surface area (Å²) in [6, 6.07) is 0. The average Bonchev–Trinajstić information content (AvgIpc) is 2.27. The highest BCUT2D eigenvalue weighted by molar-refractivity contribution is 5.79. The molecule has 1 N–H and O–H groups in total. The van der Waals surface area contributed by atoms with Gasteiger partial charge in [0.1, 0.15) is 0 Å². The molecule has 1 amide bonds.